The first-order chi connectivity index (χ1) is 6.81. The maximum absolute atomic E-state index is 5.73. The van der Waals surface area contributed by atoms with Crippen LogP contribution >= 0.6 is 11.6 Å². The van der Waals surface area contributed by atoms with Crippen molar-refractivity contribution in [2.45, 2.75) is 45.0 Å². The fraction of sp³-hybridized carbons (Fsp3) is 0.800. The highest BCUT2D eigenvalue weighted by atomic mass is 35.5. The first kappa shape index (κ1) is 9.97. The summed E-state index contributed by atoms with van der Waals surface area (Å²) in [6.45, 7) is 3.04. The minimum Gasteiger partial charge on any atom is -0.249 e. The van der Waals surface area contributed by atoms with Crippen molar-refractivity contribution < 1.29 is 0 Å². The summed E-state index contributed by atoms with van der Waals surface area (Å²) in [6.07, 6.45) is 5.45. The molecule has 1 aromatic rings. The monoisotopic (exact) mass is 213 g/mol. The molecule has 1 saturated carbocycles. The molecule has 0 aliphatic heterocycles. The Kier molecular flexibility index (Phi) is 3.06. The summed E-state index contributed by atoms with van der Waals surface area (Å²) >= 11 is 5.73. The zero-order valence-corrected chi connectivity index (χ0v) is 9.30. The third-order valence-corrected chi connectivity index (χ3v) is 3.43. The smallest absolute Gasteiger partial charge is 0.100 e. The molecule has 0 N–H and O–H groups in total. The quantitative estimate of drug-likeness (QED) is 0.720. The Bertz CT molecular complexity index is 304. The number of aryl methyl sites for hydroxylation is 1. The second-order valence-corrected chi connectivity index (χ2v) is 4.33. The standard InChI is InChI=1S/C10H16ClN3/c1-8-10(7-11)12-13-14(8)6-5-9-3-2-4-9/h9H,2-7H2,1H3. The Hall–Kier alpha value is -0.570. The zero-order valence-electron chi connectivity index (χ0n) is 8.54. The predicted octanol–water partition coefficient (Wildman–Crippen LogP) is 2.52. The molecule has 0 spiro atoms. The molecule has 0 atom stereocenters. The van der Waals surface area contributed by atoms with E-state index < -0.39 is 0 Å². The summed E-state index contributed by atoms with van der Waals surface area (Å²) in [5, 5.41) is 8.14. The second kappa shape index (κ2) is 4.30. The van der Waals surface area contributed by atoms with Crippen LogP contribution in [-0.4, -0.2) is 15.0 Å². The van der Waals surface area contributed by atoms with Gasteiger partial charge in [-0.3, -0.25) is 0 Å². The highest BCUT2D eigenvalue weighted by Gasteiger charge is 2.17. The van der Waals surface area contributed by atoms with E-state index in [0.717, 1.165) is 23.9 Å². The van der Waals surface area contributed by atoms with Crippen LogP contribution in [0.25, 0.3) is 0 Å². The summed E-state index contributed by atoms with van der Waals surface area (Å²) < 4.78 is 1.98. The highest BCUT2D eigenvalue weighted by Crippen LogP contribution is 2.29. The van der Waals surface area contributed by atoms with Crippen molar-refractivity contribution in [3.63, 3.8) is 0 Å². The zero-order chi connectivity index (χ0) is 9.97. The van der Waals surface area contributed by atoms with Crippen LogP contribution in [0.5, 0.6) is 0 Å². The number of hydrogen-bond donors (Lipinski definition) is 0. The number of aromatic nitrogens is 3. The van der Waals surface area contributed by atoms with Gasteiger partial charge in [0.05, 0.1) is 11.6 Å². The van der Waals surface area contributed by atoms with E-state index in [0.29, 0.717) is 5.88 Å². The van der Waals surface area contributed by atoms with Gasteiger partial charge in [0.25, 0.3) is 0 Å². The Morgan fingerprint density at radius 3 is 2.79 bits per heavy atom. The maximum atomic E-state index is 5.73. The summed E-state index contributed by atoms with van der Waals surface area (Å²) in [5.74, 6) is 1.40. The van der Waals surface area contributed by atoms with E-state index in [1.165, 1.54) is 25.7 Å². The summed E-state index contributed by atoms with van der Waals surface area (Å²) in [6, 6.07) is 0. The van der Waals surface area contributed by atoms with E-state index in [2.05, 4.69) is 10.3 Å². The summed E-state index contributed by atoms with van der Waals surface area (Å²) in [7, 11) is 0. The molecule has 14 heavy (non-hydrogen) atoms. The molecule has 0 amide bonds. The van der Waals surface area contributed by atoms with Crippen molar-refractivity contribution in [1.29, 1.82) is 0 Å². The molecular formula is C10H16ClN3. The third-order valence-electron chi connectivity index (χ3n) is 3.18. The van der Waals surface area contributed by atoms with E-state index in [9.17, 15) is 0 Å². The lowest BCUT2D eigenvalue weighted by molar-refractivity contribution is 0.276. The molecule has 1 aromatic heterocycles. The van der Waals surface area contributed by atoms with Gasteiger partial charge in [-0.05, 0) is 19.3 Å². The maximum Gasteiger partial charge on any atom is 0.100 e. The van der Waals surface area contributed by atoms with Crippen molar-refractivity contribution in [2.75, 3.05) is 0 Å². The van der Waals surface area contributed by atoms with Gasteiger partial charge in [0.1, 0.15) is 5.69 Å². The molecule has 0 unspecified atom stereocenters. The van der Waals surface area contributed by atoms with Crippen molar-refractivity contribution in [2.24, 2.45) is 5.92 Å². The van der Waals surface area contributed by atoms with Gasteiger partial charge in [-0.15, -0.1) is 16.7 Å². The average Bonchev–Trinajstić information content (AvgIpc) is 2.45. The van der Waals surface area contributed by atoms with Crippen LogP contribution in [0, 0.1) is 12.8 Å². The van der Waals surface area contributed by atoms with Crippen LogP contribution in [0.3, 0.4) is 0 Å². The molecular weight excluding hydrogens is 198 g/mol. The lowest BCUT2D eigenvalue weighted by atomic mass is 9.83. The molecule has 3 nitrogen and oxygen atoms in total. The largest absolute Gasteiger partial charge is 0.249 e. The molecule has 0 saturated heterocycles. The van der Waals surface area contributed by atoms with E-state index in [-0.39, 0.29) is 0 Å². The van der Waals surface area contributed by atoms with Gasteiger partial charge in [-0.2, -0.15) is 0 Å². The van der Waals surface area contributed by atoms with Gasteiger partial charge in [0.2, 0.25) is 0 Å². The fourth-order valence-electron chi connectivity index (χ4n) is 1.82. The van der Waals surface area contributed by atoms with Crippen molar-refractivity contribution in [3.05, 3.63) is 11.4 Å². The molecule has 1 aliphatic carbocycles. The van der Waals surface area contributed by atoms with Crippen LogP contribution in [0.1, 0.15) is 37.1 Å². The van der Waals surface area contributed by atoms with Gasteiger partial charge < -0.3 is 0 Å². The number of alkyl halides is 1. The second-order valence-electron chi connectivity index (χ2n) is 4.06. The summed E-state index contributed by atoms with van der Waals surface area (Å²) in [5.41, 5.74) is 2.04. The molecule has 0 radical (unpaired) electrons. The SMILES string of the molecule is Cc1c(CCl)nnn1CCC1CCC1. The minimum atomic E-state index is 0.468. The third kappa shape index (κ3) is 1.92. The van der Waals surface area contributed by atoms with Crippen LogP contribution < -0.4 is 0 Å². The van der Waals surface area contributed by atoms with Gasteiger partial charge in [-0.25, -0.2) is 4.68 Å². The molecule has 0 aromatic carbocycles. The molecule has 4 heteroatoms. The number of halogens is 1. The molecule has 2 rings (SSSR count). The predicted molar refractivity (Wildman–Crippen MR) is 56.3 cm³/mol. The van der Waals surface area contributed by atoms with Crippen molar-refractivity contribution in [3.8, 4) is 0 Å². The van der Waals surface area contributed by atoms with E-state index in [1.54, 1.807) is 0 Å². The minimum absolute atomic E-state index is 0.468. The Morgan fingerprint density at radius 2 is 2.29 bits per heavy atom. The Balaban J connectivity index is 1.91. The Labute approximate surface area is 89.4 Å². The van der Waals surface area contributed by atoms with Gasteiger partial charge >= 0.3 is 0 Å². The highest BCUT2D eigenvalue weighted by molar-refractivity contribution is 6.16. The number of hydrogen-bond acceptors (Lipinski definition) is 2. The summed E-state index contributed by atoms with van der Waals surface area (Å²) in [4.78, 5) is 0. The topological polar surface area (TPSA) is 30.7 Å². The van der Waals surface area contributed by atoms with Crippen LogP contribution in [0.2, 0.25) is 0 Å². The first-order valence-electron chi connectivity index (χ1n) is 5.26. The molecule has 1 aliphatic rings. The Morgan fingerprint density at radius 1 is 1.50 bits per heavy atom. The van der Waals surface area contributed by atoms with Crippen molar-refractivity contribution >= 4 is 11.6 Å². The lowest BCUT2D eigenvalue weighted by Gasteiger charge is -2.25. The van der Waals surface area contributed by atoms with Gasteiger partial charge in [-0.1, -0.05) is 24.5 Å². The van der Waals surface area contributed by atoms with E-state index in [1.807, 2.05) is 11.6 Å². The first-order valence-corrected chi connectivity index (χ1v) is 5.79. The van der Waals surface area contributed by atoms with Crippen LogP contribution in [0.15, 0.2) is 0 Å². The van der Waals surface area contributed by atoms with E-state index in [4.69, 9.17) is 11.6 Å². The molecule has 1 fully saturated rings. The molecule has 78 valence electrons. The van der Waals surface area contributed by atoms with Crippen LogP contribution in [0.4, 0.5) is 0 Å². The van der Waals surface area contributed by atoms with Crippen molar-refractivity contribution in [1.82, 2.24) is 15.0 Å². The lowest BCUT2D eigenvalue weighted by Crippen LogP contribution is -2.15. The molecule has 0 bridgehead atoms. The normalized spacial score (nSPS) is 17.0. The fourth-order valence-corrected chi connectivity index (χ4v) is 2.07. The van der Waals surface area contributed by atoms with Gasteiger partial charge in [0, 0.05) is 6.54 Å². The van der Waals surface area contributed by atoms with E-state index >= 15 is 0 Å². The number of rotatable bonds is 4. The van der Waals surface area contributed by atoms with Crippen LogP contribution in [-0.2, 0) is 12.4 Å². The van der Waals surface area contributed by atoms with Gasteiger partial charge in [0.15, 0.2) is 0 Å². The number of nitrogens with zero attached hydrogens (tertiary/aromatic N) is 3. The molecule has 1 heterocycles. The average molecular weight is 214 g/mol.